The van der Waals surface area contributed by atoms with E-state index in [9.17, 15) is 0 Å². The summed E-state index contributed by atoms with van der Waals surface area (Å²) in [6.07, 6.45) is 0.490. The number of hydrogen-bond donors (Lipinski definition) is 1. The van der Waals surface area contributed by atoms with Crippen LogP contribution in [-0.2, 0) is 0 Å². The Kier molecular flexibility index (Phi) is 5.81. The van der Waals surface area contributed by atoms with E-state index in [0.29, 0.717) is 6.42 Å². The number of benzene rings is 1. The van der Waals surface area contributed by atoms with Crippen molar-refractivity contribution in [1.29, 1.82) is 5.26 Å². The highest BCUT2D eigenvalue weighted by molar-refractivity contribution is 5.31. The van der Waals surface area contributed by atoms with E-state index < -0.39 is 0 Å². The molecule has 0 saturated heterocycles. The van der Waals surface area contributed by atoms with Gasteiger partial charge in [-0.15, -0.1) is 0 Å². The number of methoxy groups -OCH3 is 1. The molecule has 1 rings (SSSR count). The van der Waals surface area contributed by atoms with E-state index in [1.165, 1.54) is 0 Å². The maximum atomic E-state index is 8.83. The minimum atomic E-state index is -0.0294. The highest BCUT2D eigenvalue weighted by Gasteiger charge is 2.25. The van der Waals surface area contributed by atoms with Crippen molar-refractivity contribution >= 4 is 0 Å². The van der Waals surface area contributed by atoms with Crippen LogP contribution in [0.1, 0.15) is 31.9 Å². The molecule has 0 aliphatic heterocycles. The topological polar surface area (TPSA) is 62.3 Å². The summed E-state index contributed by atoms with van der Waals surface area (Å²) in [5.74, 6) is 0.824. The zero-order valence-electron chi connectivity index (χ0n) is 12.1. The second-order valence-electron chi connectivity index (χ2n) is 4.96. The molecule has 2 N–H and O–H groups in total. The molecule has 0 fully saturated rings. The lowest BCUT2D eigenvalue weighted by molar-refractivity contribution is 0.166. The number of ether oxygens (including phenoxy) is 1. The first-order valence-electron chi connectivity index (χ1n) is 6.49. The summed E-state index contributed by atoms with van der Waals surface area (Å²) in [7, 11) is 3.66. The van der Waals surface area contributed by atoms with Crippen LogP contribution >= 0.6 is 0 Å². The summed E-state index contributed by atoms with van der Waals surface area (Å²) >= 11 is 0. The van der Waals surface area contributed by atoms with E-state index in [-0.39, 0.29) is 18.1 Å². The lowest BCUT2D eigenvalue weighted by Gasteiger charge is -2.35. The standard InChI is InChI=1S/C15H23N3O/c1-11(8-9-16)18(3)15(12(2)17)13-6-5-7-14(10-13)19-4/h5-7,10-12,15H,8,17H2,1-4H3. The van der Waals surface area contributed by atoms with Crippen LogP contribution in [0.2, 0.25) is 0 Å². The van der Waals surface area contributed by atoms with Crippen LogP contribution in [0, 0.1) is 11.3 Å². The zero-order valence-corrected chi connectivity index (χ0v) is 12.1. The molecular weight excluding hydrogens is 238 g/mol. The molecule has 4 heteroatoms. The monoisotopic (exact) mass is 261 g/mol. The first-order chi connectivity index (χ1) is 9.01. The fourth-order valence-electron chi connectivity index (χ4n) is 2.29. The fourth-order valence-corrected chi connectivity index (χ4v) is 2.29. The van der Waals surface area contributed by atoms with Gasteiger partial charge in [0.25, 0.3) is 0 Å². The molecule has 0 bridgehead atoms. The van der Waals surface area contributed by atoms with Crippen molar-refractivity contribution in [2.45, 2.75) is 38.4 Å². The third-order valence-electron chi connectivity index (χ3n) is 3.45. The molecule has 4 nitrogen and oxygen atoms in total. The van der Waals surface area contributed by atoms with Gasteiger partial charge in [0.05, 0.1) is 19.6 Å². The average Bonchev–Trinajstić information content (AvgIpc) is 2.39. The third kappa shape index (κ3) is 3.95. The number of nitrogens with two attached hydrogens (primary N) is 1. The van der Waals surface area contributed by atoms with Crippen molar-refractivity contribution in [3.05, 3.63) is 29.8 Å². The first kappa shape index (κ1) is 15.5. The Hall–Kier alpha value is -1.57. The van der Waals surface area contributed by atoms with Crippen LogP contribution in [0.25, 0.3) is 0 Å². The van der Waals surface area contributed by atoms with Gasteiger partial charge in [0.2, 0.25) is 0 Å². The van der Waals surface area contributed by atoms with Crippen molar-refractivity contribution in [2.75, 3.05) is 14.2 Å². The molecule has 1 aromatic carbocycles. The second-order valence-corrected chi connectivity index (χ2v) is 4.96. The van der Waals surface area contributed by atoms with E-state index in [2.05, 4.69) is 11.0 Å². The summed E-state index contributed by atoms with van der Waals surface area (Å²) in [4.78, 5) is 2.16. The van der Waals surface area contributed by atoms with Crippen LogP contribution in [0.15, 0.2) is 24.3 Å². The smallest absolute Gasteiger partial charge is 0.119 e. The summed E-state index contributed by atoms with van der Waals surface area (Å²) in [5, 5.41) is 8.83. The number of nitriles is 1. The maximum Gasteiger partial charge on any atom is 0.119 e. The van der Waals surface area contributed by atoms with Gasteiger partial charge in [-0.1, -0.05) is 12.1 Å². The largest absolute Gasteiger partial charge is 0.497 e. The highest BCUT2D eigenvalue weighted by Crippen LogP contribution is 2.27. The molecule has 3 atom stereocenters. The molecule has 104 valence electrons. The van der Waals surface area contributed by atoms with Crippen molar-refractivity contribution < 1.29 is 4.74 Å². The Bertz CT molecular complexity index is 439. The van der Waals surface area contributed by atoms with Crippen LogP contribution in [0.4, 0.5) is 0 Å². The Balaban J connectivity index is 3.03. The van der Waals surface area contributed by atoms with Gasteiger partial charge in [-0.05, 0) is 38.6 Å². The molecule has 0 amide bonds. The van der Waals surface area contributed by atoms with Gasteiger partial charge in [-0.3, -0.25) is 4.90 Å². The van der Waals surface area contributed by atoms with E-state index in [1.54, 1.807) is 7.11 Å². The van der Waals surface area contributed by atoms with Crippen LogP contribution in [0.5, 0.6) is 5.75 Å². The molecule has 1 aromatic rings. The van der Waals surface area contributed by atoms with Crippen molar-refractivity contribution in [3.63, 3.8) is 0 Å². The summed E-state index contributed by atoms with van der Waals surface area (Å²) in [6.45, 7) is 4.03. The van der Waals surface area contributed by atoms with E-state index in [4.69, 9.17) is 15.7 Å². The molecular formula is C15H23N3O. The van der Waals surface area contributed by atoms with Gasteiger partial charge in [0.1, 0.15) is 5.75 Å². The van der Waals surface area contributed by atoms with Gasteiger partial charge in [0, 0.05) is 18.1 Å². The number of hydrogen-bond acceptors (Lipinski definition) is 4. The first-order valence-corrected chi connectivity index (χ1v) is 6.49. The Morgan fingerprint density at radius 2 is 2.11 bits per heavy atom. The summed E-state index contributed by atoms with van der Waals surface area (Å²) < 4.78 is 5.26. The summed E-state index contributed by atoms with van der Waals surface area (Å²) in [6, 6.07) is 10.3. The van der Waals surface area contributed by atoms with Crippen LogP contribution in [-0.4, -0.2) is 31.1 Å². The number of likely N-dealkylation sites (N-methyl/N-ethyl adjacent to an activating group) is 1. The third-order valence-corrected chi connectivity index (χ3v) is 3.45. The quantitative estimate of drug-likeness (QED) is 0.853. The SMILES string of the molecule is COc1cccc(C(C(C)N)N(C)C(C)CC#N)c1. The zero-order chi connectivity index (χ0) is 14.4. The van der Waals surface area contributed by atoms with Crippen molar-refractivity contribution in [1.82, 2.24) is 4.90 Å². The molecule has 19 heavy (non-hydrogen) atoms. The second kappa shape index (κ2) is 7.13. The minimum Gasteiger partial charge on any atom is -0.497 e. The fraction of sp³-hybridized carbons (Fsp3) is 0.533. The lowest BCUT2D eigenvalue weighted by Crippen LogP contribution is -2.41. The van der Waals surface area contributed by atoms with Crippen LogP contribution in [0.3, 0.4) is 0 Å². The van der Waals surface area contributed by atoms with Crippen LogP contribution < -0.4 is 10.5 Å². The molecule has 0 heterocycles. The normalized spacial score (nSPS) is 15.6. The summed E-state index contributed by atoms with van der Waals surface area (Å²) in [5.41, 5.74) is 7.24. The Morgan fingerprint density at radius 1 is 1.42 bits per heavy atom. The highest BCUT2D eigenvalue weighted by atomic mass is 16.5. The van der Waals surface area contributed by atoms with E-state index >= 15 is 0 Å². The van der Waals surface area contributed by atoms with Gasteiger partial charge >= 0.3 is 0 Å². The minimum absolute atomic E-state index is 0.0294. The van der Waals surface area contributed by atoms with E-state index in [1.807, 2.05) is 45.2 Å². The van der Waals surface area contributed by atoms with Crippen molar-refractivity contribution in [2.24, 2.45) is 5.73 Å². The van der Waals surface area contributed by atoms with Crippen molar-refractivity contribution in [3.8, 4) is 11.8 Å². The van der Waals surface area contributed by atoms with Gasteiger partial charge in [-0.2, -0.15) is 5.26 Å². The molecule has 0 aliphatic carbocycles. The van der Waals surface area contributed by atoms with Gasteiger partial charge in [-0.25, -0.2) is 0 Å². The number of nitrogens with zero attached hydrogens (tertiary/aromatic N) is 2. The molecule has 3 unspecified atom stereocenters. The number of rotatable bonds is 6. The molecule has 0 saturated carbocycles. The molecule has 0 aromatic heterocycles. The Labute approximate surface area is 115 Å². The Morgan fingerprint density at radius 3 is 2.63 bits per heavy atom. The van der Waals surface area contributed by atoms with Gasteiger partial charge in [0.15, 0.2) is 0 Å². The molecule has 0 radical (unpaired) electrons. The maximum absolute atomic E-state index is 8.83. The molecule has 0 aliphatic rings. The lowest BCUT2D eigenvalue weighted by atomic mass is 9.97. The predicted octanol–water partition coefficient (Wildman–Crippen LogP) is 2.32. The van der Waals surface area contributed by atoms with E-state index in [0.717, 1.165) is 11.3 Å². The van der Waals surface area contributed by atoms with Gasteiger partial charge < -0.3 is 10.5 Å². The predicted molar refractivity (Wildman–Crippen MR) is 76.8 cm³/mol. The molecule has 0 spiro atoms. The average molecular weight is 261 g/mol.